The summed E-state index contributed by atoms with van der Waals surface area (Å²) in [5.41, 5.74) is 1.28. The summed E-state index contributed by atoms with van der Waals surface area (Å²) < 4.78 is 10.6. The molecule has 4 heteroatoms. The molecular weight excluding hydrogens is 216 g/mol. The normalized spacial score (nSPS) is 10.8. The largest absolute Gasteiger partial charge is 0.467 e. The molecule has 2 rings (SSSR count). The number of ether oxygens (including phenoxy) is 1. The van der Waals surface area contributed by atoms with Crippen LogP contribution >= 0.6 is 0 Å². The number of rotatable bonds is 8. The Morgan fingerprint density at radius 3 is 3.12 bits per heavy atom. The standard InChI is InChI=1S/C13H18N2O2/c1-3-13(17-8-1)11-16-7-2-5-14-9-12-4-6-15-10-12/h1,3-4,6,8,10,14-15H,2,5,7,9,11H2. The maximum atomic E-state index is 5.48. The Bertz CT molecular complexity index is 343. The van der Waals surface area contributed by atoms with Crippen molar-refractivity contribution >= 4 is 0 Å². The van der Waals surface area contributed by atoms with E-state index in [9.17, 15) is 0 Å². The van der Waals surface area contributed by atoms with Crippen molar-refractivity contribution in [1.29, 1.82) is 0 Å². The number of hydrogen-bond acceptors (Lipinski definition) is 3. The first-order valence-corrected chi connectivity index (χ1v) is 5.87. The lowest BCUT2D eigenvalue weighted by atomic mass is 10.3. The number of H-pyrrole nitrogens is 1. The van der Waals surface area contributed by atoms with Gasteiger partial charge in [-0.05, 0) is 36.7 Å². The second kappa shape index (κ2) is 6.93. The van der Waals surface area contributed by atoms with Gasteiger partial charge in [0.05, 0.1) is 6.26 Å². The zero-order valence-electron chi connectivity index (χ0n) is 9.82. The van der Waals surface area contributed by atoms with Gasteiger partial charge in [0.2, 0.25) is 0 Å². The molecule has 0 spiro atoms. The lowest BCUT2D eigenvalue weighted by Crippen LogP contribution is -2.15. The van der Waals surface area contributed by atoms with E-state index in [4.69, 9.17) is 9.15 Å². The van der Waals surface area contributed by atoms with Crippen LogP contribution in [0.1, 0.15) is 17.7 Å². The first-order chi connectivity index (χ1) is 8.45. The van der Waals surface area contributed by atoms with E-state index in [1.165, 1.54) is 5.56 Å². The van der Waals surface area contributed by atoms with Crippen molar-refractivity contribution in [2.75, 3.05) is 13.2 Å². The second-order valence-corrected chi connectivity index (χ2v) is 3.88. The van der Waals surface area contributed by atoms with Gasteiger partial charge in [0, 0.05) is 25.5 Å². The summed E-state index contributed by atoms with van der Waals surface area (Å²) in [7, 11) is 0. The van der Waals surface area contributed by atoms with Crippen LogP contribution in [0.2, 0.25) is 0 Å². The maximum absolute atomic E-state index is 5.48. The zero-order chi connectivity index (χ0) is 11.8. The molecule has 0 unspecified atom stereocenters. The molecule has 0 amide bonds. The van der Waals surface area contributed by atoms with E-state index in [1.807, 2.05) is 24.5 Å². The first kappa shape index (κ1) is 12.0. The van der Waals surface area contributed by atoms with E-state index in [0.717, 1.165) is 31.9 Å². The third kappa shape index (κ3) is 4.46. The van der Waals surface area contributed by atoms with Crippen LogP contribution in [-0.2, 0) is 17.9 Å². The minimum atomic E-state index is 0.560. The SMILES string of the molecule is c1coc(COCCCNCc2cc[nH]c2)c1. The lowest BCUT2D eigenvalue weighted by molar-refractivity contribution is 0.104. The average molecular weight is 234 g/mol. The van der Waals surface area contributed by atoms with Crippen LogP contribution in [0.3, 0.4) is 0 Å². The minimum absolute atomic E-state index is 0.560. The van der Waals surface area contributed by atoms with E-state index < -0.39 is 0 Å². The third-order valence-corrected chi connectivity index (χ3v) is 2.46. The summed E-state index contributed by atoms with van der Waals surface area (Å²) in [5.74, 6) is 0.880. The van der Waals surface area contributed by atoms with Gasteiger partial charge in [-0.1, -0.05) is 0 Å². The summed E-state index contributed by atoms with van der Waals surface area (Å²) in [5, 5.41) is 3.36. The van der Waals surface area contributed by atoms with Crippen LogP contribution in [0, 0.1) is 0 Å². The van der Waals surface area contributed by atoms with Gasteiger partial charge in [-0.15, -0.1) is 0 Å². The fourth-order valence-corrected chi connectivity index (χ4v) is 1.57. The van der Waals surface area contributed by atoms with Gasteiger partial charge < -0.3 is 19.5 Å². The molecule has 0 atom stereocenters. The highest BCUT2D eigenvalue weighted by atomic mass is 16.5. The van der Waals surface area contributed by atoms with E-state index >= 15 is 0 Å². The maximum Gasteiger partial charge on any atom is 0.129 e. The van der Waals surface area contributed by atoms with Crippen molar-refractivity contribution in [1.82, 2.24) is 10.3 Å². The molecule has 2 aromatic heterocycles. The minimum Gasteiger partial charge on any atom is -0.467 e. The van der Waals surface area contributed by atoms with Crippen molar-refractivity contribution in [3.8, 4) is 0 Å². The molecule has 0 radical (unpaired) electrons. The Morgan fingerprint density at radius 2 is 2.35 bits per heavy atom. The molecule has 0 aliphatic rings. The van der Waals surface area contributed by atoms with E-state index in [1.54, 1.807) is 6.26 Å². The van der Waals surface area contributed by atoms with Crippen molar-refractivity contribution in [3.05, 3.63) is 48.2 Å². The summed E-state index contributed by atoms with van der Waals surface area (Å²) in [6.07, 6.45) is 6.60. The predicted molar refractivity (Wildman–Crippen MR) is 65.5 cm³/mol. The Balaban J connectivity index is 1.44. The van der Waals surface area contributed by atoms with Crippen LogP contribution in [-0.4, -0.2) is 18.1 Å². The molecule has 2 aromatic rings. The van der Waals surface area contributed by atoms with Gasteiger partial charge in [-0.2, -0.15) is 0 Å². The first-order valence-electron chi connectivity index (χ1n) is 5.87. The van der Waals surface area contributed by atoms with E-state index in [-0.39, 0.29) is 0 Å². The highest BCUT2D eigenvalue weighted by Gasteiger charge is 1.95. The highest BCUT2D eigenvalue weighted by Crippen LogP contribution is 2.01. The molecule has 0 saturated carbocycles. The van der Waals surface area contributed by atoms with E-state index in [2.05, 4.69) is 16.4 Å². The van der Waals surface area contributed by atoms with Crippen molar-refractivity contribution in [2.45, 2.75) is 19.6 Å². The quantitative estimate of drug-likeness (QED) is 0.689. The number of hydrogen-bond donors (Lipinski definition) is 2. The Labute approximate surface area is 101 Å². The van der Waals surface area contributed by atoms with Gasteiger partial charge in [0.1, 0.15) is 12.4 Å². The molecule has 0 bridgehead atoms. The molecule has 17 heavy (non-hydrogen) atoms. The van der Waals surface area contributed by atoms with Crippen molar-refractivity contribution in [2.24, 2.45) is 0 Å². The molecule has 0 saturated heterocycles. The van der Waals surface area contributed by atoms with Gasteiger partial charge in [-0.25, -0.2) is 0 Å². The summed E-state index contributed by atoms with van der Waals surface area (Å²) in [4.78, 5) is 3.03. The van der Waals surface area contributed by atoms with E-state index in [0.29, 0.717) is 6.61 Å². The van der Waals surface area contributed by atoms with Gasteiger partial charge in [0.25, 0.3) is 0 Å². The lowest BCUT2D eigenvalue weighted by Gasteiger charge is -2.04. The number of nitrogens with one attached hydrogen (secondary N) is 2. The smallest absolute Gasteiger partial charge is 0.129 e. The van der Waals surface area contributed by atoms with Crippen molar-refractivity contribution < 1.29 is 9.15 Å². The molecule has 0 aliphatic heterocycles. The average Bonchev–Trinajstić information content (AvgIpc) is 3.00. The third-order valence-electron chi connectivity index (χ3n) is 2.46. The second-order valence-electron chi connectivity index (χ2n) is 3.88. The highest BCUT2D eigenvalue weighted by molar-refractivity contribution is 5.07. The van der Waals surface area contributed by atoms with Crippen LogP contribution in [0.5, 0.6) is 0 Å². The molecule has 2 N–H and O–H groups in total. The molecule has 92 valence electrons. The van der Waals surface area contributed by atoms with Crippen LogP contribution in [0.4, 0.5) is 0 Å². The topological polar surface area (TPSA) is 50.2 Å². The summed E-state index contributed by atoms with van der Waals surface area (Å²) >= 11 is 0. The monoisotopic (exact) mass is 234 g/mol. The Hall–Kier alpha value is -1.52. The molecule has 2 heterocycles. The zero-order valence-corrected chi connectivity index (χ0v) is 9.82. The van der Waals surface area contributed by atoms with Crippen LogP contribution in [0.25, 0.3) is 0 Å². The fraction of sp³-hybridized carbons (Fsp3) is 0.385. The van der Waals surface area contributed by atoms with Crippen LogP contribution < -0.4 is 5.32 Å². The molecule has 0 fully saturated rings. The Kier molecular flexibility index (Phi) is 4.87. The van der Waals surface area contributed by atoms with Gasteiger partial charge >= 0.3 is 0 Å². The summed E-state index contributed by atoms with van der Waals surface area (Å²) in [6.45, 7) is 3.18. The number of aromatic amines is 1. The fourth-order valence-electron chi connectivity index (χ4n) is 1.57. The number of furan rings is 1. The molecular formula is C13H18N2O2. The molecule has 0 aromatic carbocycles. The molecule has 4 nitrogen and oxygen atoms in total. The van der Waals surface area contributed by atoms with Gasteiger partial charge in [0.15, 0.2) is 0 Å². The van der Waals surface area contributed by atoms with Gasteiger partial charge in [-0.3, -0.25) is 0 Å². The van der Waals surface area contributed by atoms with Crippen LogP contribution in [0.15, 0.2) is 41.3 Å². The predicted octanol–water partition coefficient (Wildman–Crippen LogP) is 2.30. The summed E-state index contributed by atoms with van der Waals surface area (Å²) in [6, 6.07) is 5.86. The number of aromatic nitrogens is 1. The molecule has 0 aliphatic carbocycles. The van der Waals surface area contributed by atoms with Crippen molar-refractivity contribution in [3.63, 3.8) is 0 Å². The Morgan fingerprint density at radius 1 is 1.35 bits per heavy atom.